The first-order chi connectivity index (χ1) is 6.58. The van der Waals surface area contributed by atoms with E-state index in [0.717, 1.165) is 0 Å². The maximum Gasteiger partial charge on any atom is 0.147 e. The second-order valence-electron chi connectivity index (χ2n) is 5.10. The van der Waals surface area contributed by atoms with E-state index in [2.05, 4.69) is 0 Å². The zero-order chi connectivity index (χ0) is 12.3. The van der Waals surface area contributed by atoms with E-state index in [1.165, 1.54) is 6.26 Å². The number of methoxy groups -OCH3 is 1. The Morgan fingerprint density at radius 1 is 1.33 bits per heavy atom. The van der Waals surface area contributed by atoms with Crippen LogP contribution in [-0.4, -0.2) is 39.7 Å². The molecule has 4 nitrogen and oxygen atoms in total. The van der Waals surface area contributed by atoms with Crippen LogP contribution in [0.1, 0.15) is 27.2 Å². The Kier molecular flexibility index (Phi) is 5.23. The van der Waals surface area contributed by atoms with Crippen LogP contribution in [0.15, 0.2) is 0 Å². The Balaban J connectivity index is 4.36. The van der Waals surface area contributed by atoms with E-state index >= 15 is 0 Å². The van der Waals surface area contributed by atoms with Gasteiger partial charge in [-0.05, 0) is 11.8 Å². The third kappa shape index (κ3) is 6.12. The van der Waals surface area contributed by atoms with Gasteiger partial charge in [0, 0.05) is 19.4 Å². The lowest BCUT2D eigenvalue weighted by atomic mass is 9.84. The first-order valence-electron chi connectivity index (χ1n) is 5.04. The molecule has 0 amide bonds. The molecule has 5 heteroatoms. The predicted octanol–water partition coefficient (Wildman–Crippen LogP) is 0.809. The number of ether oxygens (including phenoxy) is 1. The average molecular weight is 237 g/mol. The smallest absolute Gasteiger partial charge is 0.147 e. The minimum atomic E-state index is -2.94. The fraction of sp³-hybridized carbons (Fsp3) is 1.00. The van der Waals surface area contributed by atoms with E-state index in [1.54, 1.807) is 7.11 Å². The summed E-state index contributed by atoms with van der Waals surface area (Å²) in [6, 6.07) is -0.246. The van der Waals surface area contributed by atoms with E-state index in [1.807, 2.05) is 20.8 Å². The van der Waals surface area contributed by atoms with E-state index in [0.29, 0.717) is 6.42 Å². The molecule has 0 saturated heterocycles. The van der Waals surface area contributed by atoms with Crippen molar-refractivity contribution in [2.45, 2.75) is 39.3 Å². The maximum atomic E-state index is 11.0. The lowest BCUT2D eigenvalue weighted by molar-refractivity contribution is -0.00235. The van der Waals surface area contributed by atoms with Gasteiger partial charge in [0.25, 0.3) is 0 Å². The van der Waals surface area contributed by atoms with Crippen molar-refractivity contribution in [3.63, 3.8) is 0 Å². The molecule has 2 atom stereocenters. The van der Waals surface area contributed by atoms with Crippen LogP contribution in [0.3, 0.4) is 0 Å². The molecule has 0 aromatic heterocycles. The molecule has 0 saturated carbocycles. The summed E-state index contributed by atoms with van der Waals surface area (Å²) >= 11 is 0. The molecule has 0 bridgehead atoms. The largest absolute Gasteiger partial charge is 0.379 e. The number of hydrogen-bond donors (Lipinski definition) is 1. The monoisotopic (exact) mass is 237 g/mol. The molecular weight excluding hydrogens is 214 g/mol. The van der Waals surface area contributed by atoms with Crippen LogP contribution in [0.5, 0.6) is 0 Å². The van der Waals surface area contributed by atoms with Crippen LogP contribution in [-0.2, 0) is 14.6 Å². The van der Waals surface area contributed by atoms with Crippen molar-refractivity contribution in [3.8, 4) is 0 Å². The normalized spacial score (nSPS) is 17.5. The van der Waals surface area contributed by atoms with Gasteiger partial charge in [-0.2, -0.15) is 0 Å². The van der Waals surface area contributed by atoms with Gasteiger partial charge in [-0.15, -0.1) is 0 Å². The molecule has 0 rings (SSSR count). The number of hydrogen-bond acceptors (Lipinski definition) is 4. The van der Waals surface area contributed by atoms with Gasteiger partial charge in [-0.1, -0.05) is 20.8 Å². The summed E-state index contributed by atoms with van der Waals surface area (Å²) in [6.45, 7) is 6.09. The highest BCUT2D eigenvalue weighted by molar-refractivity contribution is 7.90. The van der Waals surface area contributed by atoms with E-state index in [9.17, 15) is 8.42 Å². The van der Waals surface area contributed by atoms with Crippen molar-refractivity contribution in [1.82, 2.24) is 0 Å². The molecule has 0 aliphatic rings. The highest BCUT2D eigenvalue weighted by Crippen LogP contribution is 2.24. The highest BCUT2D eigenvalue weighted by Gasteiger charge is 2.30. The van der Waals surface area contributed by atoms with Crippen molar-refractivity contribution < 1.29 is 13.2 Å². The van der Waals surface area contributed by atoms with Gasteiger partial charge in [0.15, 0.2) is 0 Å². The fourth-order valence-corrected chi connectivity index (χ4v) is 2.37. The van der Waals surface area contributed by atoms with Crippen molar-refractivity contribution in [2.75, 3.05) is 19.1 Å². The van der Waals surface area contributed by atoms with Crippen LogP contribution in [0, 0.1) is 5.41 Å². The molecule has 0 aromatic carbocycles. The van der Waals surface area contributed by atoms with Crippen LogP contribution in [0.4, 0.5) is 0 Å². The van der Waals surface area contributed by atoms with Crippen LogP contribution >= 0.6 is 0 Å². The Hall–Kier alpha value is -0.130. The Morgan fingerprint density at radius 2 is 1.80 bits per heavy atom. The summed E-state index contributed by atoms with van der Waals surface area (Å²) in [4.78, 5) is 0. The van der Waals surface area contributed by atoms with Gasteiger partial charge in [0.2, 0.25) is 0 Å². The molecule has 0 fully saturated rings. The predicted molar refractivity (Wildman–Crippen MR) is 62.6 cm³/mol. The quantitative estimate of drug-likeness (QED) is 0.768. The molecule has 2 N–H and O–H groups in total. The average Bonchev–Trinajstić information content (AvgIpc) is 1.98. The van der Waals surface area contributed by atoms with Crippen LogP contribution in [0.2, 0.25) is 0 Å². The van der Waals surface area contributed by atoms with Gasteiger partial charge in [0.1, 0.15) is 9.84 Å². The molecule has 0 aliphatic carbocycles. The molecule has 0 aliphatic heterocycles. The minimum absolute atomic E-state index is 0.0777. The zero-order valence-corrected chi connectivity index (χ0v) is 11.1. The molecule has 92 valence electrons. The fourth-order valence-electron chi connectivity index (χ4n) is 1.67. The summed E-state index contributed by atoms with van der Waals surface area (Å²) in [5.74, 6) is 0.115. The highest BCUT2D eigenvalue weighted by atomic mass is 32.2. The lowest BCUT2D eigenvalue weighted by Crippen LogP contribution is -2.45. The zero-order valence-electron chi connectivity index (χ0n) is 10.3. The molecule has 15 heavy (non-hydrogen) atoms. The summed E-state index contributed by atoms with van der Waals surface area (Å²) in [7, 11) is -1.33. The second-order valence-corrected chi connectivity index (χ2v) is 7.36. The van der Waals surface area contributed by atoms with Crippen molar-refractivity contribution in [3.05, 3.63) is 0 Å². The van der Waals surface area contributed by atoms with Crippen molar-refractivity contribution in [2.24, 2.45) is 11.1 Å². The van der Waals surface area contributed by atoms with Gasteiger partial charge in [-0.3, -0.25) is 0 Å². The van der Waals surface area contributed by atoms with Crippen LogP contribution in [0.25, 0.3) is 0 Å². The number of rotatable bonds is 5. The van der Waals surface area contributed by atoms with Crippen molar-refractivity contribution >= 4 is 9.84 Å². The van der Waals surface area contributed by atoms with Crippen LogP contribution < -0.4 is 5.73 Å². The molecule has 0 spiro atoms. The standard InChI is InChI=1S/C10H23NO3S/c1-10(2,3)9(14-4)8(11)6-7-15(5,12)13/h8-9H,6-7,11H2,1-5H3. The third-order valence-electron chi connectivity index (χ3n) is 2.32. The summed E-state index contributed by atoms with van der Waals surface area (Å²) < 4.78 is 27.3. The van der Waals surface area contributed by atoms with E-state index in [4.69, 9.17) is 10.5 Å². The summed E-state index contributed by atoms with van der Waals surface area (Å²) in [5, 5.41) is 0. The lowest BCUT2D eigenvalue weighted by Gasteiger charge is -2.33. The second kappa shape index (κ2) is 5.27. The Morgan fingerprint density at radius 3 is 2.07 bits per heavy atom. The molecule has 0 aromatic rings. The molecule has 0 heterocycles. The van der Waals surface area contributed by atoms with Gasteiger partial charge >= 0.3 is 0 Å². The number of nitrogens with two attached hydrogens (primary N) is 1. The molecular formula is C10H23NO3S. The van der Waals surface area contributed by atoms with E-state index < -0.39 is 9.84 Å². The summed E-state index contributed by atoms with van der Waals surface area (Å²) in [5.41, 5.74) is 5.85. The number of sulfone groups is 1. The molecule has 0 radical (unpaired) electrons. The Bertz CT molecular complexity index is 280. The first-order valence-corrected chi connectivity index (χ1v) is 7.10. The summed E-state index contributed by atoms with van der Waals surface area (Å²) in [6.07, 6.45) is 1.53. The Labute approximate surface area is 93.1 Å². The minimum Gasteiger partial charge on any atom is -0.379 e. The topological polar surface area (TPSA) is 69.4 Å². The van der Waals surface area contributed by atoms with Gasteiger partial charge in [-0.25, -0.2) is 8.42 Å². The maximum absolute atomic E-state index is 11.0. The van der Waals surface area contributed by atoms with E-state index in [-0.39, 0.29) is 23.3 Å². The molecule has 2 unspecified atom stereocenters. The van der Waals surface area contributed by atoms with Gasteiger partial charge < -0.3 is 10.5 Å². The SMILES string of the molecule is COC(C(N)CCS(C)(=O)=O)C(C)(C)C. The third-order valence-corrected chi connectivity index (χ3v) is 3.30. The first kappa shape index (κ1) is 14.9. The van der Waals surface area contributed by atoms with Crippen molar-refractivity contribution in [1.29, 1.82) is 0 Å². The van der Waals surface area contributed by atoms with Gasteiger partial charge in [0.05, 0.1) is 11.9 Å².